The van der Waals surface area contributed by atoms with Crippen LogP contribution in [-0.2, 0) is 6.42 Å². The lowest BCUT2D eigenvalue weighted by atomic mass is 9.95. The van der Waals surface area contributed by atoms with E-state index in [-0.39, 0.29) is 0 Å². The van der Waals surface area contributed by atoms with Crippen molar-refractivity contribution in [3.8, 4) is 16.5 Å². The first-order valence-electron chi connectivity index (χ1n) is 5.34. The number of thiophene rings is 1. The Labute approximate surface area is 100.0 Å². The zero-order chi connectivity index (χ0) is 11.5. The second kappa shape index (κ2) is 4.51. The molecule has 0 fully saturated rings. The minimum atomic E-state index is 0.775. The number of nitrogens with zero attached hydrogens (tertiary/aromatic N) is 1. The van der Waals surface area contributed by atoms with Crippen molar-refractivity contribution in [3.05, 3.63) is 46.3 Å². The van der Waals surface area contributed by atoms with Gasteiger partial charge in [0.1, 0.15) is 0 Å². The van der Waals surface area contributed by atoms with E-state index in [0.29, 0.717) is 0 Å². The van der Waals surface area contributed by atoms with Gasteiger partial charge < -0.3 is 0 Å². The molecule has 2 rings (SSSR count). The molecule has 0 saturated heterocycles. The van der Waals surface area contributed by atoms with E-state index in [1.807, 2.05) is 12.1 Å². The number of aryl methyl sites for hydroxylation is 1. The van der Waals surface area contributed by atoms with E-state index in [4.69, 9.17) is 5.26 Å². The van der Waals surface area contributed by atoms with Crippen LogP contribution in [0.25, 0.3) is 10.4 Å². The summed E-state index contributed by atoms with van der Waals surface area (Å²) in [6, 6.07) is 10.4. The van der Waals surface area contributed by atoms with Crippen molar-refractivity contribution in [3.63, 3.8) is 0 Å². The average Bonchev–Trinajstić information content (AvgIpc) is 2.81. The molecule has 0 saturated carbocycles. The Morgan fingerprint density at radius 2 is 2.12 bits per heavy atom. The third-order valence-electron chi connectivity index (χ3n) is 2.85. The van der Waals surface area contributed by atoms with Crippen LogP contribution in [0.3, 0.4) is 0 Å². The Bertz CT molecular complexity index is 533. The molecule has 0 amide bonds. The standard InChI is InChI=1S/C14H13NS/c1-3-11-6-7-12(9-15)14(10(11)2)13-5-4-8-16-13/h4-8H,3H2,1-2H3. The second-order valence-corrected chi connectivity index (χ2v) is 4.66. The summed E-state index contributed by atoms with van der Waals surface area (Å²) in [6.07, 6.45) is 1.01. The van der Waals surface area contributed by atoms with Gasteiger partial charge in [0, 0.05) is 10.4 Å². The number of rotatable bonds is 2. The molecule has 0 aliphatic heterocycles. The Hall–Kier alpha value is -1.59. The Balaban J connectivity index is 2.71. The predicted octanol–water partition coefficient (Wildman–Crippen LogP) is 4.16. The summed E-state index contributed by atoms with van der Waals surface area (Å²) in [5.74, 6) is 0. The topological polar surface area (TPSA) is 23.8 Å². The predicted molar refractivity (Wildman–Crippen MR) is 68.6 cm³/mol. The van der Waals surface area contributed by atoms with Gasteiger partial charge in [0.25, 0.3) is 0 Å². The van der Waals surface area contributed by atoms with Crippen molar-refractivity contribution in [2.75, 3.05) is 0 Å². The summed E-state index contributed by atoms with van der Waals surface area (Å²) in [7, 11) is 0. The van der Waals surface area contributed by atoms with Gasteiger partial charge in [-0.1, -0.05) is 19.1 Å². The summed E-state index contributed by atoms with van der Waals surface area (Å²) in [6.45, 7) is 4.25. The third-order valence-corrected chi connectivity index (χ3v) is 3.73. The molecule has 0 unspecified atom stereocenters. The number of benzene rings is 1. The van der Waals surface area contributed by atoms with Gasteiger partial charge in [-0.15, -0.1) is 11.3 Å². The molecule has 2 heteroatoms. The molecule has 80 valence electrons. The van der Waals surface area contributed by atoms with Crippen LogP contribution in [-0.4, -0.2) is 0 Å². The Kier molecular flexibility index (Phi) is 3.07. The lowest BCUT2D eigenvalue weighted by molar-refractivity contribution is 1.11. The third kappa shape index (κ3) is 1.75. The van der Waals surface area contributed by atoms with Gasteiger partial charge in [0.05, 0.1) is 11.6 Å². The first-order valence-corrected chi connectivity index (χ1v) is 6.22. The Morgan fingerprint density at radius 3 is 2.69 bits per heavy atom. The molecule has 0 atom stereocenters. The largest absolute Gasteiger partial charge is 0.192 e. The molecule has 2 aromatic rings. The van der Waals surface area contributed by atoms with Gasteiger partial charge >= 0.3 is 0 Å². The maximum Gasteiger partial charge on any atom is 0.0998 e. The van der Waals surface area contributed by atoms with Crippen LogP contribution in [0.15, 0.2) is 29.6 Å². The van der Waals surface area contributed by atoms with Crippen molar-refractivity contribution in [2.45, 2.75) is 20.3 Å². The lowest BCUT2D eigenvalue weighted by Gasteiger charge is -2.10. The van der Waals surface area contributed by atoms with E-state index in [9.17, 15) is 0 Å². The summed E-state index contributed by atoms with van der Waals surface area (Å²) < 4.78 is 0. The van der Waals surface area contributed by atoms with Crippen molar-refractivity contribution >= 4 is 11.3 Å². The van der Waals surface area contributed by atoms with Crippen LogP contribution in [0.1, 0.15) is 23.6 Å². The molecule has 1 aromatic heterocycles. The number of nitriles is 1. The minimum Gasteiger partial charge on any atom is -0.192 e. The fraction of sp³-hybridized carbons (Fsp3) is 0.214. The van der Waals surface area contributed by atoms with Gasteiger partial charge in [-0.25, -0.2) is 0 Å². The SMILES string of the molecule is CCc1ccc(C#N)c(-c2cccs2)c1C. The van der Waals surface area contributed by atoms with Crippen LogP contribution >= 0.6 is 11.3 Å². The van der Waals surface area contributed by atoms with Crippen LogP contribution in [0.2, 0.25) is 0 Å². The van der Waals surface area contributed by atoms with E-state index < -0.39 is 0 Å². The maximum absolute atomic E-state index is 9.16. The molecule has 1 heterocycles. The molecule has 16 heavy (non-hydrogen) atoms. The highest BCUT2D eigenvalue weighted by molar-refractivity contribution is 7.13. The number of hydrogen-bond donors (Lipinski definition) is 0. The summed E-state index contributed by atoms with van der Waals surface area (Å²) in [5, 5.41) is 11.2. The molecule has 0 bridgehead atoms. The van der Waals surface area contributed by atoms with Gasteiger partial charge in [-0.3, -0.25) is 0 Å². The van der Waals surface area contributed by atoms with Crippen LogP contribution < -0.4 is 0 Å². The van der Waals surface area contributed by atoms with E-state index in [1.165, 1.54) is 16.0 Å². The van der Waals surface area contributed by atoms with Crippen LogP contribution in [0.5, 0.6) is 0 Å². The summed E-state index contributed by atoms with van der Waals surface area (Å²) in [4.78, 5) is 1.18. The number of hydrogen-bond acceptors (Lipinski definition) is 2. The lowest BCUT2D eigenvalue weighted by Crippen LogP contribution is -1.93. The van der Waals surface area contributed by atoms with E-state index in [0.717, 1.165) is 17.5 Å². The molecule has 1 aromatic carbocycles. The van der Waals surface area contributed by atoms with Gasteiger partial charge in [0.2, 0.25) is 0 Å². The van der Waals surface area contributed by atoms with E-state index >= 15 is 0 Å². The zero-order valence-corrected chi connectivity index (χ0v) is 10.3. The molecule has 0 spiro atoms. The molecular weight excluding hydrogens is 214 g/mol. The highest BCUT2D eigenvalue weighted by atomic mass is 32.1. The van der Waals surface area contributed by atoms with Crippen molar-refractivity contribution < 1.29 is 0 Å². The highest BCUT2D eigenvalue weighted by Crippen LogP contribution is 2.32. The molecule has 0 aliphatic rings. The smallest absolute Gasteiger partial charge is 0.0998 e. The fourth-order valence-corrected chi connectivity index (χ4v) is 2.81. The molecular formula is C14H13NS. The first kappa shape index (κ1) is 10.9. The van der Waals surface area contributed by atoms with Crippen molar-refractivity contribution in [1.29, 1.82) is 5.26 Å². The van der Waals surface area contributed by atoms with E-state index in [1.54, 1.807) is 11.3 Å². The normalized spacial score (nSPS) is 10.1. The monoisotopic (exact) mass is 227 g/mol. The van der Waals surface area contributed by atoms with Crippen molar-refractivity contribution in [2.24, 2.45) is 0 Å². The molecule has 1 nitrogen and oxygen atoms in total. The minimum absolute atomic E-state index is 0.775. The highest BCUT2D eigenvalue weighted by Gasteiger charge is 2.11. The summed E-state index contributed by atoms with van der Waals surface area (Å²) >= 11 is 1.69. The van der Waals surface area contributed by atoms with Gasteiger partial charge in [-0.2, -0.15) is 5.26 Å². The van der Waals surface area contributed by atoms with Gasteiger partial charge in [-0.05, 0) is 42.0 Å². The molecule has 0 aliphatic carbocycles. The summed E-state index contributed by atoms with van der Waals surface area (Å²) in [5.41, 5.74) is 4.44. The zero-order valence-electron chi connectivity index (χ0n) is 9.45. The quantitative estimate of drug-likeness (QED) is 0.755. The Morgan fingerprint density at radius 1 is 1.31 bits per heavy atom. The molecule has 0 N–H and O–H groups in total. The van der Waals surface area contributed by atoms with Gasteiger partial charge in [0.15, 0.2) is 0 Å². The average molecular weight is 227 g/mol. The molecule has 0 radical (unpaired) electrons. The van der Waals surface area contributed by atoms with Crippen molar-refractivity contribution in [1.82, 2.24) is 0 Å². The maximum atomic E-state index is 9.16. The van der Waals surface area contributed by atoms with E-state index in [2.05, 4.69) is 37.4 Å². The second-order valence-electron chi connectivity index (χ2n) is 3.71. The first-order chi connectivity index (χ1) is 7.77. The fourth-order valence-electron chi connectivity index (χ4n) is 1.97. The van der Waals surface area contributed by atoms with Crippen LogP contribution in [0, 0.1) is 18.3 Å². The van der Waals surface area contributed by atoms with Crippen LogP contribution in [0.4, 0.5) is 0 Å².